The van der Waals surface area contributed by atoms with Crippen molar-refractivity contribution in [1.82, 2.24) is 15.0 Å². The van der Waals surface area contributed by atoms with E-state index in [4.69, 9.17) is 15.0 Å². The zero-order chi connectivity index (χ0) is 31.3. The summed E-state index contributed by atoms with van der Waals surface area (Å²) in [6.07, 6.45) is 0. The summed E-state index contributed by atoms with van der Waals surface area (Å²) in [6, 6.07) is 51.5. The second-order valence-corrected chi connectivity index (χ2v) is 12.6. The third-order valence-corrected chi connectivity index (χ3v) is 9.18. The second kappa shape index (κ2) is 11.0. The molecule has 3 heteroatoms. The van der Waals surface area contributed by atoms with E-state index in [1.165, 1.54) is 38.9 Å². The van der Waals surface area contributed by atoms with E-state index in [1.807, 2.05) is 36.4 Å². The molecule has 220 valence electrons. The summed E-state index contributed by atoms with van der Waals surface area (Å²) in [5.41, 5.74) is 14.2. The molecule has 0 N–H and O–H groups in total. The number of hydrogen-bond acceptors (Lipinski definition) is 3. The van der Waals surface area contributed by atoms with Gasteiger partial charge in [0.25, 0.3) is 0 Å². The molecule has 8 rings (SSSR count). The van der Waals surface area contributed by atoms with Crippen molar-refractivity contribution in [2.24, 2.45) is 0 Å². The number of fused-ring (bicyclic) bond motifs is 3. The minimum atomic E-state index is -0.0334. The lowest BCUT2D eigenvalue weighted by molar-refractivity contribution is 0.660. The Labute approximate surface area is 270 Å². The average Bonchev–Trinajstić information content (AvgIpc) is 3.34. The molecule has 0 fully saturated rings. The monoisotopic (exact) mass is 591 g/mol. The lowest BCUT2D eigenvalue weighted by Crippen LogP contribution is -2.14. The molecular formula is C43H33N3. The van der Waals surface area contributed by atoms with Crippen molar-refractivity contribution in [1.29, 1.82) is 0 Å². The van der Waals surface area contributed by atoms with Gasteiger partial charge in [-0.05, 0) is 75.7 Å². The molecule has 0 spiro atoms. The quantitative estimate of drug-likeness (QED) is 0.200. The zero-order valence-electron chi connectivity index (χ0n) is 26.2. The highest BCUT2D eigenvalue weighted by atomic mass is 15.0. The van der Waals surface area contributed by atoms with E-state index in [0.29, 0.717) is 17.5 Å². The van der Waals surface area contributed by atoms with E-state index < -0.39 is 0 Å². The van der Waals surface area contributed by atoms with Gasteiger partial charge in [-0.15, -0.1) is 0 Å². The topological polar surface area (TPSA) is 38.7 Å². The Kier molecular flexibility index (Phi) is 6.69. The molecule has 0 aliphatic heterocycles. The Morgan fingerprint density at radius 3 is 1.52 bits per heavy atom. The van der Waals surface area contributed by atoms with Gasteiger partial charge >= 0.3 is 0 Å². The molecule has 1 aliphatic carbocycles. The van der Waals surface area contributed by atoms with Gasteiger partial charge in [-0.25, -0.2) is 15.0 Å². The lowest BCUT2D eigenvalue weighted by atomic mass is 9.81. The van der Waals surface area contributed by atoms with Crippen molar-refractivity contribution in [3.05, 3.63) is 162 Å². The maximum absolute atomic E-state index is 4.98. The molecule has 0 saturated carbocycles. The van der Waals surface area contributed by atoms with Crippen molar-refractivity contribution in [2.75, 3.05) is 0 Å². The Morgan fingerprint density at radius 2 is 0.848 bits per heavy atom. The molecule has 0 atom stereocenters. The lowest BCUT2D eigenvalue weighted by Gasteiger charge is -2.22. The third kappa shape index (κ3) is 4.91. The fraction of sp³-hybridized carbons (Fsp3) is 0.0930. The normalized spacial score (nSPS) is 12.8. The van der Waals surface area contributed by atoms with E-state index in [0.717, 1.165) is 27.8 Å². The predicted molar refractivity (Wildman–Crippen MR) is 189 cm³/mol. The molecule has 1 aliphatic rings. The van der Waals surface area contributed by atoms with E-state index in [9.17, 15) is 0 Å². The number of aromatic nitrogens is 3. The van der Waals surface area contributed by atoms with Gasteiger partial charge in [0.15, 0.2) is 17.5 Å². The third-order valence-electron chi connectivity index (χ3n) is 9.18. The van der Waals surface area contributed by atoms with Gasteiger partial charge in [0.05, 0.1) is 0 Å². The highest BCUT2D eigenvalue weighted by molar-refractivity contribution is 5.84. The fourth-order valence-electron chi connectivity index (χ4n) is 6.73. The molecule has 3 nitrogen and oxygen atoms in total. The van der Waals surface area contributed by atoms with E-state index in [2.05, 4.69) is 130 Å². The number of nitrogens with zero attached hydrogens (tertiary/aromatic N) is 3. The molecule has 0 radical (unpaired) electrons. The van der Waals surface area contributed by atoms with Crippen LogP contribution in [0, 0.1) is 6.92 Å². The van der Waals surface area contributed by atoms with Crippen LogP contribution in [0.5, 0.6) is 0 Å². The first-order chi connectivity index (χ1) is 22.4. The van der Waals surface area contributed by atoms with Gasteiger partial charge in [-0.1, -0.05) is 141 Å². The smallest absolute Gasteiger partial charge is 0.164 e. The highest BCUT2D eigenvalue weighted by Crippen LogP contribution is 2.49. The van der Waals surface area contributed by atoms with Gasteiger partial charge in [-0.2, -0.15) is 0 Å². The van der Waals surface area contributed by atoms with Crippen LogP contribution in [0.15, 0.2) is 146 Å². The van der Waals surface area contributed by atoms with Crippen molar-refractivity contribution in [3.8, 4) is 67.5 Å². The fourth-order valence-corrected chi connectivity index (χ4v) is 6.73. The maximum Gasteiger partial charge on any atom is 0.164 e. The summed E-state index contributed by atoms with van der Waals surface area (Å²) in [5, 5.41) is 0. The van der Waals surface area contributed by atoms with Crippen molar-refractivity contribution in [2.45, 2.75) is 26.2 Å². The molecular weight excluding hydrogens is 558 g/mol. The Bertz CT molecular complexity index is 2250. The van der Waals surface area contributed by atoms with Gasteiger partial charge in [0.2, 0.25) is 0 Å². The van der Waals surface area contributed by atoms with Crippen molar-refractivity contribution in [3.63, 3.8) is 0 Å². The van der Waals surface area contributed by atoms with Crippen LogP contribution in [-0.2, 0) is 5.41 Å². The Morgan fingerprint density at radius 1 is 0.370 bits per heavy atom. The zero-order valence-corrected chi connectivity index (χ0v) is 26.2. The summed E-state index contributed by atoms with van der Waals surface area (Å²) in [4.78, 5) is 14.8. The van der Waals surface area contributed by atoms with E-state index in [-0.39, 0.29) is 5.41 Å². The minimum absolute atomic E-state index is 0.0334. The van der Waals surface area contributed by atoms with Gasteiger partial charge in [-0.3, -0.25) is 0 Å². The van der Waals surface area contributed by atoms with Crippen LogP contribution in [0.4, 0.5) is 0 Å². The second-order valence-electron chi connectivity index (χ2n) is 12.6. The average molecular weight is 592 g/mol. The first-order valence-corrected chi connectivity index (χ1v) is 15.8. The molecule has 1 heterocycles. The van der Waals surface area contributed by atoms with Crippen molar-refractivity contribution >= 4 is 0 Å². The summed E-state index contributed by atoms with van der Waals surface area (Å²) >= 11 is 0. The van der Waals surface area contributed by atoms with Crippen LogP contribution in [0.1, 0.15) is 30.5 Å². The number of hydrogen-bond donors (Lipinski definition) is 0. The molecule has 46 heavy (non-hydrogen) atoms. The molecule has 7 aromatic rings. The van der Waals surface area contributed by atoms with Crippen LogP contribution in [-0.4, -0.2) is 15.0 Å². The van der Waals surface area contributed by atoms with Crippen LogP contribution in [0.2, 0.25) is 0 Å². The maximum atomic E-state index is 4.98. The SMILES string of the molecule is Cc1cccc(-c2nc(-c3ccccc3)nc(-c3cccc(-c4cccc(-c5ccc6c(c5)C(C)(C)c5ccccc5-6)c4)c3)n2)c1. The molecule has 0 amide bonds. The van der Waals surface area contributed by atoms with Crippen LogP contribution < -0.4 is 0 Å². The molecule has 0 bridgehead atoms. The highest BCUT2D eigenvalue weighted by Gasteiger charge is 2.35. The van der Waals surface area contributed by atoms with Crippen LogP contribution in [0.25, 0.3) is 67.5 Å². The number of aryl methyl sites for hydroxylation is 1. The van der Waals surface area contributed by atoms with Crippen LogP contribution >= 0.6 is 0 Å². The first-order valence-electron chi connectivity index (χ1n) is 15.8. The minimum Gasteiger partial charge on any atom is -0.208 e. The standard InChI is InChI=1S/C43H33N3/c1-28-12-9-18-34(24-28)41-44-40(29-13-5-4-6-14-29)45-42(46-41)35-19-11-17-32(26-35)30-15-10-16-31(25-30)33-22-23-37-36-20-7-8-21-38(36)43(2,3)39(37)27-33/h4-27H,1-3H3. The summed E-state index contributed by atoms with van der Waals surface area (Å²) < 4.78 is 0. The molecule has 0 unspecified atom stereocenters. The van der Waals surface area contributed by atoms with Gasteiger partial charge < -0.3 is 0 Å². The number of rotatable bonds is 5. The van der Waals surface area contributed by atoms with Crippen molar-refractivity contribution < 1.29 is 0 Å². The summed E-state index contributed by atoms with van der Waals surface area (Å²) in [7, 11) is 0. The van der Waals surface area contributed by atoms with Gasteiger partial charge in [0, 0.05) is 22.1 Å². The first kappa shape index (κ1) is 27.8. The van der Waals surface area contributed by atoms with Gasteiger partial charge in [0.1, 0.15) is 0 Å². The Balaban J connectivity index is 1.18. The van der Waals surface area contributed by atoms with E-state index in [1.54, 1.807) is 0 Å². The number of benzene rings is 6. The van der Waals surface area contributed by atoms with Crippen LogP contribution in [0.3, 0.4) is 0 Å². The summed E-state index contributed by atoms with van der Waals surface area (Å²) in [6.45, 7) is 6.75. The van der Waals surface area contributed by atoms with E-state index >= 15 is 0 Å². The molecule has 6 aromatic carbocycles. The largest absolute Gasteiger partial charge is 0.208 e. The molecule has 1 aromatic heterocycles. The predicted octanol–water partition coefficient (Wildman–Crippen LogP) is 10.8. The summed E-state index contributed by atoms with van der Waals surface area (Å²) in [5.74, 6) is 1.99. The Hall–Kier alpha value is -5.67. The molecule has 0 saturated heterocycles.